The third-order valence-electron chi connectivity index (χ3n) is 4.20. The van der Waals surface area contributed by atoms with Crippen LogP contribution in [-0.4, -0.2) is 46.8 Å². The molecule has 8 nitrogen and oxygen atoms in total. The molecule has 0 spiro atoms. The Bertz CT molecular complexity index is 1050. The summed E-state index contributed by atoms with van der Waals surface area (Å²) in [5, 5.41) is 2.73. The molecule has 152 valence electrons. The van der Waals surface area contributed by atoms with Crippen LogP contribution in [0, 0.1) is 5.82 Å². The van der Waals surface area contributed by atoms with E-state index in [1.54, 1.807) is 41.6 Å². The molecule has 3 aromatic rings. The third kappa shape index (κ3) is 5.24. The Hall–Kier alpha value is -3.11. The maximum absolute atomic E-state index is 13.0. The van der Waals surface area contributed by atoms with Crippen molar-refractivity contribution in [3.05, 3.63) is 67.1 Å². The molecular formula is C19H20FN5O3S. The molecule has 0 fully saturated rings. The Morgan fingerprint density at radius 2 is 1.97 bits per heavy atom. The maximum Gasteiger partial charge on any atom is 0.242 e. The topological polar surface area (TPSA) is 97.2 Å². The van der Waals surface area contributed by atoms with Gasteiger partial charge in [0, 0.05) is 32.4 Å². The zero-order valence-corrected chi connectivity index (χ0v) is 16.5. The van der Waals surface area contributed by atoms with Crippen LogP contribution in [0.1, 0.15) is 12.8 Å². The summed E-state index contributed by atoms with van der Waals surface area (Å²) in [7, 11) is -2.30. The monoisotopic (exact) mass is 417 g/mol. The van der Waals surface area contributed by atoms with Gasteiger partial charge in [0.2, 0.25) is 15.9 Å². The number of carbonyl (C=O) groups is 1. The molecule has 2 aromatic heterocycles. The first-order valence-corrected chi connectivity index (χ1v) is 10.3. The maximum atomic E-state index is 13.0. The van der Waals surface area contributed by atoms with Crippen molar-refractivity contribution < 1.29 is 17.6 Å². The van der Waals surface area contributed by atoms with Crippen molar-refractivity contribution in [1.29, 1.82) is 0 Å². The number of benzene rings is 1. The van der Waals surface area contributed by atoms with Crippen LogP contribution < -0.4 is 5.32 Å². The van der Waals surface area contributed by atoms with Gasteiger partial charge in [-0.15, -0.1) is 0 Å². The first-order chi connectivity index (χ1) is 13.9. The van der Waals surface area contributed by atoms with Crippen molar-refractivity contribution >= 4 is 21.6 Å². The Kier molecular flexibility index (Phi) is 6.35. The van der Waals surface area contributed by atoms with Gasteiger partial charge in [-0.2, -0.15) is 0 Å². The Morgan fingerprint density at radius 3 is 2.59 bits per heavy atom. The first-order valence-electron chi connectivity index (χ1n) is 8.82. The molecule has 0 saturated heterocycles. The number of rotatable bonds is 8. The molecule has 0 aliphatic rings. The minimum Gasteiger partial charge on any atom is -0.325 e. The number of imidazole rings is 1. The number of nitrogens with zero attached hydrogens (tertiary/aromatic N) is 4. The SMILES string of the molecule is CN(CCCC(=O)Nc1ccc(-n2ccnc2)nc1)S(=O)(=O)c1ccc(F)cc1. The van der Waals surface area contributed by atoms with E-state index in [0.29, 0.717) is 17.9 Å². The second-order valence-corrected chi connectivity index (χ2v) is 8.35. The molecule has 0 aliphatic carbocycles. The summed E-state index contributed by atoms with van der Waals surface area (Å²) in [6.07, 6.45) is 7.05. The van der Waals surface area contributed by atoms with Crippen molar-refractivity contribution in [2.45, 2.75) is 17.7 Å². The molecule has 3 rings (SSSR count). The van der Waals surface area contributed by atoms with E-state index in [1.165, 1.54) is 19.2 Å². The fourth-order valence-corrected chi connectivity index (χ4v) is 3.81. The highest BCUT2D eigenvalue weighted by Gasteiger charge is 2.20. The van der Waals surface area contributed by atoms with Crippen molar-refractivity contribution in [2.75, 3.05) is 18.9 Å². The lowest BCUT2D eigenvalue weighted by Gasteiger charge is -2.17. The molecule has 0 bridgehead atoms. The van der Waals surface area contributed by atoms with Crippen LogP contribution in [0.15, 0.2) is 66.2 Å². The quantitative estimate of drug-likeness (QED) is 0.607. The fraction of sp³-hybridized carbons (Fsp3) is 0.211. The van der Waals surface area contributed by atoms with E-state index >= 15 is 0 Å². The average Bonchev–Trinajstić information content (AvgIpc) is 3.23. The van der Waals surface area contributed by atoms with Crippen LogP contribution >= 0.6 is 0 Å². The molecule has 0 unspecified atom stereocenters. The van der Waals surface area contributed by atoms with Crippen LogP contribution in [0.2, 0.25) is 0 Å². The number of sulfonamides is 1. The van der Waals surface area contributed by atoms with Crippen molar-refractivity contribution in [2.24, 2.45) is 0 Å². The Labute approximate surface area is 168 Å². The lowest BCUT2D eigenvalue weighted by Crippen LogP contribution is -2.28. The lowest BCUT2D eigenvalue weighted by molar-refractivity contribution is -0.116. The smallest absolute Gasteiger partial charge is 0.242 e. The molecule has 0 atom stereocenters. The molecule has 1 amide bonds. The molecule has 10 heteroatoms. The molecule has 0 radical (unpaired) electrons. The van der Waals surface area contributed by atoms with Crippen LogP contribution in [0.3, 0.4) is 0 Å². The van der Waals surface area contributed by atoms with Gasteiger partial charge in [-0.05, 0) is 42.8 Å². The number of aromatic nitrogens is 3. The molecule has 1 aromatic carbocycles. The fourth-order valence-electron chi connectivity index (χ4n) is 2.60. The summed E-state index contributed by atoms with van der Waals surface area (Å²) in [6.45, 7) is 0.158. The second kappa shape index (κ2) is 8.93. The van der Waals surface area contributed by atoms with E-state index in [-0.39, 0.29) is 23.8 Å². The van der Waals surface area contributed by atoms with Crippen molar-refractivity contribution in [3.63, 3.8) is 0 Å². The zero-order chi connectivity index (χ0) is 20.9. The van der Waals surface area contributed by atoms with Crippen molar-refractivity contribution in [3.8, 4) is 5.82 Å². The number of carbonyl (C=O) groups excluding carboxylic acids is 1. The number of nitrogens with one attached hydrogen (secondary N) is 1. The van der Waals surface area contributed by atoms with Gasteiger partial charge in [0.1, 0.15) is 18.0 Å². The minimum atomic E-state index is -3.72. The summed E-state index contributed by atoms with van der Waals surface area (Å²) >= 11 is 0. The van der Waals surface area contributed by atoms with Gasteiger partial charge in [0.25, 0.3) is 0 Å². The van der Waals surface area contributed by atoms with Crippen LogP contribution in [-0.2, 0) is 14.8 Å². The summed E-state index contributed by atoms with van der Waals surface area (Å²) in [6, 6.07) is 8.11. The van der Waals surface area contributed by atoms with E-state index in [9.17, 15) is 17.6 Å². The van der Waals surface area contributed by atoms with Gasteiger partial charge >= 0.3 is 0 Å². The highest BCUT2D eigenvalue weighted by atomic mass is 32.2. The predicted octanol–water partition coefficient (Wildman–Crippen LogP) is 2.45. The molecule has 2 heterocycles. The van der Waals surface area contributed by atoms with E-state index in [4.69, 9.17) is 0 Å². The van der Waals surface area contributed by atoms with Gasteiger partial charge in [-0.25, -0.2) is 27.1 Å². The van der Waals surface area contributed by atoms with E-state index in [1.807, 2.05) is 0 Å². The van der Waals surface area contributed by atoms with Crippen LogP contribution in [0.5, 0.6) is 0 Å². The largest absolute Gasteiger partial charge is 0.325 e. The number of anilines is 1. The number of pyridine rings is 1. The standard InChI is InChI=1S/C19H20FN5O3S/c1-24(29(27,28)17-7-4-15(20)5-8-17)11-2-3-19(26)23-16-6-9-18(22-13-16)25-12-10-21-14-25/h4-10,12-14H,2-3,11H2,1H3,(H,23,26). The summed E-state index contributed by atoms with van der Waals surface area (Å²) in [5.74, 6) is -0.0706. The normalized spacial score (nSPS) is 11.6. The number of hydrogen-bond donors (Lipinski definition) is 1. The Balaban J connectivity index is 1.48. The minimum absolute atomic E-state index is 0.00917. The predicted molar refractivity (Wildman–Crippen MR) is 105 cm³/mol. The molecule has 1 N–H and O–H groups in total. The zero-order valence-electron chi connectivity index (χ0n) is 15.7. The number of amides is 1. The van der Waals surface area contributed by atoms with Crippen LogP contribution in [0.25, 0.3) is 5.82 Å². The molecule has 29 heavy (non-hydrogen) atoms. The second-order valence-electron chi connectivity index (χ2n) is 6.31. The summed E-state index contributed by atoms with van der Waals surface area (Å²) < 4.78 is 40.7. The summed E-state index contributed by atoms with van der Waals surface area (Å²) in [5.41, 5.74) is 0.547. The molecule has 0 aliphatic heterocycles. The van der Waals surface area contributed by atoms with Gasteiger partial charge in [0.05, 0.1) is 16.8 Å². The summed E-state index contributed by atoms with van der Waals surface area (Å²) in [4.78, 5) is 20.3. The van der Waals surface area contributed by atoms with Gasteiger partial charge < -0.3 is 5.32 Å². The van der Waals surface area contributed by atoms with E-state index in [2.05, 4.69) is 15.3 Å². The average molecular weight is 417 g/mol. The van der Waals surface area contributed by atoms with E-state index < -0.39 is 15.8 Å². The van der Waals surface area contributed by atoms with Gasteiger partial charge in [-0.1, -0.05) is 0 Å². The highest BCUT2D eigenvalue weighted by Crippen LogP contribution is 2.16. The van der Waals surface area contributed by atoms with Gasteiger partial charge in [0.15, 0.2) is 0 Å². The Morgan fingerprint density at radius 1 is 1.21 bits per heavy atom. The highest BCUT2D eigenvalue weighted by molar-refractivity contribution is 7.89. The first kappa shape index (κ1) is 20.6. The van der Waals surface area contributed by atoms with Crippen LogP contribution in [0.4, 0.5) is 10.1 Å². The molecule has 0 saturated carbocycles. The van der Waals surface area contributed by atoms with E-state index in [0.717, 1.165) is 16.4 Å². The number of hydrogen-bond acceptors (Lipinski definition) is 5. The number of halogens is 1. The van der Waals surface area contributed by atoms with Gasteiger partial charge in [-0.3, -0.25) is 9.36 Å². The lowest BCUT2D eigenvalue weighted by atomic mass is 10.3. The van der Waals surface area contributed by atoms with Crippen molar-refractivity contribution in [1.82, 2.24) is 18.8 Å². The molecular weight excluding hydrogens is 397 g/mol. The third-order valence-corrected chi connectivity index (χ3v) is 6.07.